The number of benzene rings is 1. The van der Waals surface area contributed by atoms with E-state index in [1.807, 2.05) is 12.1 Å². The number of nitrogens with zero attached hydrogens (tertiary/aromatic N) is 2. The molecule has 3 rings (SSSR count). The second-order valence-corrected chi connectivity index (χ2v) is 7.20. The van der Waals surface area contributed by atoms with Crippen molar-refractivity contribution in [3.63, 3.8) is 0 Å². The molecule has 1 aromatic carbocycles. The fourth-order valence-corrected chi connectivity index (χ4v) is 2.91. The highest BCUT2D eigenvalue weighted by molar-refractivity contribution is 5.61. The van der Waals surface area contributed by atoms with Gasteiger partial charge in [-0.1, -0.05) is 39.0 Å². The number of nitrogens with one attached hydrogen (secondary N) is 2. The first kappa shape index (κ1) is 16.7. The van der Waals surface area contributed by atoms with E-state index < -0.39 is 0 Å². The molecule has 5 heteroatoms. The van der Waals surface area contributed by atoms with Crippen molar-refractivity contribution in [2.75, 3.05) is 23.8 Å². The molecule has 0 aliphatic carbocycles. The van der Waals surface area contributed by atoms with Gasteiger partial charge in [-0.25, -0.2) is 4.98 Å². The minimum Gasteiger partial charge on any atom is -0.376 e. The van der Waals surface area contributed by atoms with E-state index in [0.717, 1.165) is 37.5 Å². The summed E-state index contributed by atoms with van der Waals surface area (Å²) < 4.78 is 5.63. The van der Waals surface area contributed by atoms with Gasteiger partial charge in [0.25, 0.3) is 0 Å². The van der Waals surface area contributed by atoms with Crippen LogP contribution in [0.3, 0.4) is 0 Å². The smallest absolute Gasteiger partial charge is 0.229 e. The van der Waals surface area contributed by atoms with Crippen LogP contribution >= 0.6 is 0 Å². The summed E-state index contributed by atoms with van der Waals surface area (Å²) in [5.41, 5.74) is 2.34. The van der Waals surface area contributed by atoms with Gasteiger partial charge in [0.15, 0.2) is 0 Å². The molecule has 128 valence electrons. The summed E-state index contributed by atoms with van der Waals surface area (Å²) in [7, 11) is 0. The molecule has 1 atom stereocenters. The van der Waals surface area contributed by atoms with Gasteiger partial charge in [0, 0.05) is 25.0 Å². The third-order valence-corrected chi connectivity index (χ3v) is 4.17. The first-order valence-electron chi connectivity index (χ1n) is 8.57. The molecule has 2 aromatic rings. The zero-order chi connectivity index (χ0) is 17.0. The fourth-order valence-electron chi connectivity index (χ4n) is 2.91. The molecule has 1 aliphatic heterocycles. The summed E-state index contributed by atoms with van der Waals surface area (Å²) in [6, 6.07) is 10.2. The molecule has 0 bridgehead atoms. The van der Waals surface area contributed by atoms with E-state index in [9.17, 15) is 0 Å². The van der Waals surface area contributed by atoms with Crippen LogP contribution in [0.5, 0.6) is 0 Å². The summed E-state index contributed by atoms with van der Waals surface area (Å²) >= 11 is 0. The maximum atomic E-state index is 5.63. The minimum absolute atomic E-state index is 0.0548. The Hall–Kier alpha value is -2.14. The minimum atomic E-state index is 0.0548. The Bertz CT molecular complexity index is 675. The SMILES string of the molecule is CC(C)(C)c1ccccc1Nc1nccc(NCC2CCCO2)n1. The van der Waals surface area contributed by atoms with Crippen molar-refractivity contribution in [2.24, 2.45) is 0 Å². The van der Waals surface area contributed by atoms with Crippen molar-refractivity contribution in [2.45, 2.75) is 45.1 Å². The third kappa shape index (κ3) is 4.23. The molecule has 1 aromatic heterocycles. The Kier molecular flexibility index (Phi) is 5.00. The number of aromatic nitrogens is 2. The summed E-state index contributed by atoms with van der Waals surface area (Å²) in [5, 5.41) is 6.70. The molecule has 5 nitrogen and oxygen atoms in total. The first-order chi connectivity index (χ1) is 11.5. The van der Waals surface area contributed by atoms with Crippen LogP contribution < -0.4 is 10.6 Å². The highest BCUT2D eigenvalue weighted by Gasteiger charge is 2.18. The molecule has 1 saturated heterocycles. The van der Waals surface area contributed by atoms with Crippen LogP contribution in [0.1, 0.15) is 39.2 Å². The lowest BCUT2D eigenvalue weighted by Crippen LogP contribution is -2.19. The molecule has 2 N–H and O–H groups in total. The zero-order valence-electron chi connectivity index (χ0n) is 14.7. The predicted molar refractivity (Wildman–Crippen MR) is 97.9 cm³/mol. The molecule has 0 saturated carbocycles. The molecule has 2 heterocycles. The van der Waals surface area contributed by atoms with Gasteiger partial charge in [-0.05, 0) is 36.0 Å². The van der Waals surface area contributed by atoms with Gasteiger partial charge in [0.05, 0.1) is 6.10 Å². The van der Waals surface area contributed by atoms with Gasteiger partial charge >= 0.3 is 0 Å². The molecule has 1 aliphatic rings. The average molecular weight is 326 g/mol. The maximum absolute atomic E-state index is 5.63. The quantitative estimate of drug-likeness (QED) is 0.866. The van der Waals surface area contributed by atoms with Crippen molar-refractivity contribution >= 4 is 17.5 Å². The molecule has 0 spiro atoms. The molecule has 0 radical (unpaired) electrons. The van der Waals surface area contributed by atoms with Crippen LogP contribution in [0.2, 0.25) is 0 Å². The summed E-state index contributed by atoms with van der Waals surface area (Å²) in [6.45, 7) is 8.26. The Labute approximate surface area is 143 Å². The van der Waals surface area contributed by atoms with Crippen molar-refractivity contribution in [1.82, 2.24) is 9.97 Å². The monoisotopic (exact) mass is 326 g/mol. The number of para-hydroxylation sites is 1. The second kappa shape index (κ2) is 7.18. The van der Waals surface area contributed by atoms with Crippen molar-refractivity contribution in [3.8, 4) is 0 Å². The topological polar surface area (TPSA) is 59.1 Å². The van der Waals surface area contributed by atoms with Gasteiger partial charge in [-0.2, -0.15) is 4.98 Å². The van der Waals surface area contributed by atoms with Crippen LogP contribution in [-0.2, 0) is 10.2 Å². The van der Waals surface area contributed by atoms with Crippen LogP contribution in [0, 0.1) is 0 Å². The number of anilines is 3. The number of rotatable bonds is 5. The summed E-state index contributed by atoms with van der Waals surface area (Å²) in [6.07, 6.45) is 4.32. The third-order valence-electron chi connectivity index (χ3n) is 4.17. The summed E-state index contributed by atoms with van der Waals surface area (Å²) in [4.78, 5) is 8.91. The predicted octanol–water partition coefficient (Wildman–Crippen LogP) is 4.11. The van der Waals surface area contributed by atoms with Crippen LogP contribution in [0.4, 0.5) is 17.5 Å². The number of ether oxygens (including phenoxy) is 1. The molecule has 1 fully saturated rings. The lowest BCUT2D eigenvalue weighted by atomic mass is 9.86. The standard InChI is InChI=1S/C19H26N4O/c1-19(2,3)15-8-4-5-9-16(15)22-18-20-11-10-17(23-18)21-13-14-7-6-12-24-14/h4-5,8-11,14H,6-7,12-13H2,1-3H3,(H2,20,21,22,23). The van der Waals surface area contributed by atoms with Crippen molar-refractivity contribution < 1.29 is 4.74 Å². The molecule has 1 unspecified atom stereocenters. The Balaban J connectivity index is 1.71. The van der Waals surface area contributed by atoms with E-state index in [1.165, 1.54) is 5.56 Å². The van der Waals surface area contributed by atoms with E-state index in [0.29, 0.717) is 5.95 Å². The van der Waals surface area contributed by atoms with Crippen molar-refractivity contribution in [3.05, 3.63) is 42.1 Å². The Morgan fingerprint density at radius 2 is 2.04 bits per heavy atom. The first-order valence-corrected chi connectivity index (χ1v) is 8.57. The van der Waals surface area contributed by atoms with Crippen LogP contribution in [0.25, 0.3) is 0 Å². The Morgan fingerprint density at radius 1 is 1.21 bits per heavy atom. The van der Waals surface area contributed by atoms with E-state index in [4.69, 9.17) is 4.74 Å². The Morgan fingerprint density at radius 3 is 2.79 bits per heavy atom. The van der Waals surface area contributed by atoms with E-state index in [-0.39, 0.29) is 11.5 Å². The molecular formula is C19H26N4O. The highest BCUT2D eigenvalue weighted by Crippen LogP contribution is 2.30. The zero-order valence-corrected chi connectivity index (χ0v) is 14.7. The summed E-state index contributed by atoms with van der Waals surface area (Å²) in [5.74, 6) is 1.42. The fraction of sp³-hybridized carbons (Fsp3) is 0.474. The van der Waals surface area contributed by atoms with Gasteiger partial charge < -0.3 is 15.4 Å². The molecule has 24 heavy (non-hydrogen) atoms. The lowest BCUT2D eigenvalue weighted by Gasteiger charge is -2.23. The van der Waals surface area contributed by atoms with E-state index in [2.05, 4.69) is 59.6 Å². The van der Waals surface area contributed by atoms with Gasteiger partial charge in [-0.15, -0.1) is 0 Å². The van der Waals surface area contributed by atoms with Gasteiger partial charge in [0.2, 0.25) is 5.95 Å². The maximum Gasteiger partial charge on any atom is 0.229 e. The van der Waals surface area contributed by atoms with Crippen LogP contribution in [0.15, 0.2) is 36.5 Å². The largest absolute Gasteiger partial charge is 0.376 e. The lowest BCUT2D eigenvalue weighted by molar-refractivity contribution is 0.120. The molecule has 0 amide bonds. The van der Waals surface area contributed by atoms with Crippen molar-refractivity contribution in [1.29, 1.82) is 0 Å². The second-order valence-electron chi connectivity index (χ2n) is 7.20. The van der Waals surface area contributed by atoms with E-state index in [1.54, 1.807) is 6.20 Å². The number of hydrogen-bond donors (Lipinski definition) is 2. The molecular weight excluding hydrogens is 300 g/mol. The highest BCUT2D eigenvalue weighted by atomic mass is 16.5. The van der Waals surface area contributed by atoms with Crippen LogP contribution in [-0.4, -0.2) is 29.2 Å². The number of hydrogen-bond acceptors (Lipinski definition) is 5. The van der Waals surface area contributed by atoms with E-state index >= 15 is 0 Å². The van der Waals surface area contributed by atoms with Gasteiger partial charge in [-0.3, -0.25) is 0 Å². The van der Waals surface area contributed by atoms with Gasteiger partial charge in [0.1, 0.15) is 5.82 Å². The normalized spacial score (nSPS) is 17.7. The average Bonchev–Trinajstić information content (AvgIpc) is 3.06.